The molecule has 0 saturated heterocycles. The molecule has 0 amide bonds. The Balaban J connectivity index is 1.73. The van der Waals surface area contributed by atoms with E-state index in [1.54, 1.807) is 24.3 Å². The van der Waals surface area contributed by atoms with Crippen molar-refractivity contribution in [1.82, 2.24) is 9.97 Å². The van der Waals surface area contributed by atoms with Gasteiger partial charge in [-0.1, -0.05) is 0 Å². The molecule has 17 heteroatoms. The van der Waals surface area contributed by atoms with Gasteiger partial charge in [0.15, 0.2) is 11.5 Å². The highest BCUT2D eigenvalue weighted by Gasteiger charge is 2.23. The molecule has 44 heavy (non-hydrogen) atoms. The van der Waals surface area contributed by atoms with Gasteiger partial charge in [0, 0.05) is 22.3 Å². The van der Waals surface area contributed by atoms with Crippen LogP contribution in [0, 0.1) is 0 Å². The number of imidazole rings is 1. The molecule has 0 bridgehead atoms. The Bertz CT molecular complexity index is 1650. The summed E-state index contributed by atoms with van der Waals surface area (Å²) in [5.74, 6) is -2.01. The molecule has 4 aromatic rings. The Morgan fingerprint density at radius 2 is 1.30 bits per heavy atom. The highest BCUT2D eigenvalue weighted by Crippen LogP contribution is 2.39. The van der Waals surface area contributed by atoms with Crippen LogP contribution >= 0.6 is 15.2 Å². The molecule has 3 aromatic carbocycles. The monoisotopic (exact) mass is 648 g/mol. The number of aromatic nitrogens is 2. The van der Waals surface area contributed by atoms with Crippen LogP contribution in [0.3, 0.4) is 0 Å². The van der Waals surface area contributed by atoms with Crippen molar-refractivity contribution in [2.45, 2.75) is 6.61 Å². The molecule has 0 aliphatic heterocycles. The predicted octanol–water partition coefficient (Wildman–Crippen LogP) is 2.78. The number of phenols is 1. The Hall–Kier alpha value is -4.33. The quantitative estimate of drug-likeness (QED) is 0.0702. The van der Waals surface area contributed by atoms with E-state index in [1.807, 2.05) is 0 Å². The van der Waals surface area contributed by atoms with Crippen molar-refractivity contribution in [3.8, 4) is 56.9 Å². The molecular formula is C27H26N2O13P2. The van der Waals surface area contributed by atoms with Crippen LogP contribution in [0.1, 0.15) is 5.56 Å². The molecule has 0 spiro atoms. The van der Waals surface area contributed by atoms with Gasteiger partial charge >= 0.3 is 27.1 Å². The summed E-state index contributed by atoms with van der Waals surface area (Å²) in [6.07, 6.45) is -2.17. The summed E-state index contributed by atoms with van der Waals surface area (Å²) in [4.78, 5) is 67.5. The minimum absolute atomic E-state index is 0.0295. The number of carbonyl (C=O) groups excluding carboxylic acids is 2. The molecular weight excluding hydrogens is 622 g/mol. The minimum atomic E-state index is -4.61. The molecule has 0 atom stereocenters. The van der Waals surface area contributed by atoms with Gasteiger partial charge in [-0.3, -0.25) is 18.7 Å². The lowest BCUT2D eigenvalue weighted by molar-refractivity contribution is -0.132. The lowest BCUT2D eigenvalue weighted by Crippen LogP contribution is -2.13. The Kier molecular flexibility index (Phi) is 9.72. The van der Waals surface area contributed by atoms with E-state index in [2.05, 4.69) is 4.98 Å². The normalized spacial score (nSPS) is 11.7. The number of esters is 2. The van der Waals surface area contributed by atoms with Gasteiger partial charge in [-0.2, -0.15) is 0 Å². The van der Waals surface area contributed by atoms with Gasteiger partial charge in [-0.15, -0.1) is 0 Å². The third-order valence-corrected chi connectivity index (χ3v) is 7.27. The van der Waals surface area contributed by atoms with Gasteiger partial charge < -0.3 is 49.0 Å². The van der Waals surface area contributed by atoms with Crippen LogP contribution in [-0.4, -0.2) is 71.1 Å². The van der Waals surface area contributed by atoms with Crippen molar-refractivity contribution >= 4 is 27.1 Å². The van der Waals surface area contributed by atoms with E-state index >= 15 is 0 Å². The van der Waals surface area contributed by atoms with Gasteiger partial charge in [-0.25, -0.2) is 4.98 Å². The number of hydrogen-bond donors (Lipinski definition) is 7. The van der Waals surface area contributed by atoms with Crippen LogP contribution in [-0.2, 0) is 25.3 Å². The van der Waals surface area contributed by atoms with Crippen LogP contribution in [0.25, 0.3) is 33.9 Å². The third-order valence-electron chi connectivity index (χ3n) is 5.93. The molecule has 0 unspecified atom stereocenters. The summed E-state index contributed by atoms with van der Waals surface area (Å²) in [5.41, 5.74) is 2.53. The maximum absolute atomic E-state index is 11.8. The van der Waals surface area contributed by atoms with E-state index in [1.165, 1.54) is 43.5 Å². The second-order valence-corrected chi connectivity index (χ2v) is 12.6. The van der Waals surface area contributed by atoms with E-state index in [0.717, 1.165) is 0 Å². The zero-order chi connectivity index (χ0) is 32.2. The molecule has 1 heterocycles. The van der Waals surface area contributed by atoms with E-state index in [4.69, 9.17) is 38.8 Å². The number of H-pyrrole nitrogens is 1. The molecule has 0 saturated carbocycles. The lowest BCUT2D eigenvalue weighted by atomic mass is 10.0. The average Bonchev–Trinajstić information content (AvgIpc) is 3.37. The van der Waals surface area contributed by atoms with Gasteiger partial charge in [0.1, 0.15) is 29.6 Å². The third kappa shape index (κ3) is 8.40. The van der Waals surface area contributed by atoms with Gasteiger partial charge in [0.2, 0.25) is 0 Å². The van der Waals surface area contributed by atoms with Gasteiger partial charge in [0.25, 0.3) is 0 Å². The largest absolute Gasteiger partial charge is 0.504 e. The number of hydrogen-bond acceptors (Lipinski definition) is 10. The second-order valence-electron chi connectivity index (χ2n) is 9.30. The van der Waals surface area contributed by atoms with Crippen molar-refractivity contribution in [3.05, 3.63) is 66.2 Å². The Morgan fingerprint density at radius 3 is 1.75 bits per heavy atom. The number of aliphatic hydroxyl groups is 1. The van der Waals surface area contributed by atoms with E-state index in [-0.39, 0.29) is 28.6 Å². The fraction of sp³-hybridized carbons (Fsp3) is 0.148. The number of carbonyl (C=O) groups is 2. The number of nitrogens with zero attached hydrogens (tertiary/aromatic N) is 1. The zero-order valence-corrected chi connectivity index (χ0v) is 24.6. The maximum atomic E-state index is 11.8. The lowest BCUT2D eigenvalue weighted by Gasteiger charge is -2.09. The Labute approximate surface area is 249 Å². The predicted molar refractivity (Wildman–Crippen MR) is 154 cm³/mol. The molecule has 0 fully saturated rings. The number of aliphatic hydroxyl groups excluding tert-OH is 1. The van der Waals surface area contributed by atoms with Crippen molar-refractivity contribution in [2.24, 2.45) is 0 Å². The van der Waals surface area contributed by atoms with Crippen molar-refractivity contribution in [1.29, 1.82) is 0 Å². The summed E-state index contributed by atoms with van der Waals surface area (Å²) in [6, 6.07) is 14.9. The first-order valence-corrected chi connectivity index (χ1v) is 16.1. The fourth-order valence-electron chi connectivity index (χ4n) is 4.04. The number of aromatic amines is 1. The van der Waals surface area contributed by atoms with E-state index in [0.29, 0.717) is 33.9 Å². The number of rotatable bonds is 11. The van der Waals surface area contributed by atoms with E-state index < -0.39 is 46.1 Å². The van der Waals surface area contributed by atoms with Crippen LogP contribution < -0.4 is 14.2 Å². The number of ether oxygens (including phenoxy) is 3. The second kappa shape index (κ2) is 13.1. The van der Waals surface area contributed by atoms with Crippen molar-refractivity contribution in [3.63, 3.8) is 0 Å². The molecule has 0 aliphatic rings. The van der Waals surface area contributed by atoms with Crippen LogP contribution in [0.2, 0.25) is 0 Å². The van der Waals surface area contributed by atoms with Crippen LogP contribution in [0.5, 0.6) is 23.0 Å². The number of methoxy groups -OCH3 is 1. The smallest absolute Gasteiger partial charge is 0.336 e. The molecule has 0 aliphatic carbocycles. The van der Waals surface area contributed by atoms with Gasteiger partial charge in [-0.05, 0) is 60.7 Å². The Morgan fingerprint density at radius 1 is 0.795 bits per heavy atom. The summed E-state index contributed by atoms with van der Waals surface area (Å²) in [5, 5.41) is 20.0. The summed E-state index contributed by atoms with van der Waals surface area (Å²) in [7, 11) is -7.87. The SMILES string of the molecule is COc1cc(-c2nc(-c3ccc(OC(=O)CP(=O)(O)O)cc3)c(-c3ccc(OC(=O)CP(=O)(O)O)cc3)[nH]2)cc(CO)c1O. The highest BCUT2D eigenvalue weighted by atomic mass is 31.2. The topological polar surface area (TPSA) is 246 Å². The van der Waals surface area contributed by atoms with Gasteiger partial charge in [0.05, 0.1) is 25.1 Å². The summed E-state index contributed by atoms with van der Waals surface area (Å²) < 4.78 is 37.4. The first-order chi connectivity index (χ1) is 20.7. The zero-order valence-electron chi connectivity index (χ0n) is 22.8. The molecule has 15 nitrogen and oxygen atoms in total. The maximum Gasteiger partial charge on any atom is 0.336 e. The van der Waals surface area contributed by atoms with Crippen LogP contribution in [0.15, 0.2) is 60.7 Å². The average molecular weight is 648 g/mol. The number of aromatic hydroxyl groups is 1. The molecule has 0 radical (unpaired) electrons. The van der Waals surface area contributed by atoms with E-state index in [9.17, 15) is 28.9 Å². The molecule has 7 N–H and O–H groups in total. The van der Waals surface area contributed by atoms with Crippen molar-refractivity contribution < 1.29 is 62.7 Å². The standard InChI is InChI=1S/C27H26N2O13P2/c1-40-21-11-17(10-18(12-30)26(21)33)27-28-24(15-2-6-19(7-3-15)41-22(31)13-43(34,35)36)25(29-27)16-4-8-20(9-5-16)42-23(32)14-44(37,38)39/h2-11,30,33H,12-14H2,1H3,(H,28,29)(H2,34,35,36)(H2,37,38,39). The van der Waals surface area contributed by atoms with Crippen molar-refractivity contribution in [2.75, 3.05) is 19.4 Å². The summed E-state index contributed by atoms with van der Waals surface area (Å²) in [6.45, 7) is -0.485. The first-order valence-electron chi connectivity index (χ1n) is 12.5. The minimum Gasteiger partial charge on any atom is -0.504 e. The highest BCUT2D eigenvalue weighted by molar-refractivity contribution is 7.53. The fourth-order valence-corrected chi connectivity index (χ4v) is 4.84. The van der Waals surface area contributed by atoms with Crippen LogP contribution in [0.4, 0.5) is 0 Å². The number of benzene rings is 3. The number of nitrogens with one attached hydrogen (secondary N) is 1. The molecule has 232 valence electrons. The molecule has 4 rings (SSSR count). The first kappa shape index (κ1) is 32.6. The summed E-state index contributed by atoms with van der Waals surface area (Å²) >= 11 is 0. The molecule has 1 aromatic heterocycles.